The minimum absolute atomic E-state index is 0.0182. The number of sulfonamides is 1. The lowest BCUT2D eigenvalue weighted by atomic mass is 9.91. The van der Waals surface area contributed by atoms with Crippen LogP contribution in [0.25, 0.3) is 0 Å². The van der Waals surface area contributed by atoms with Gasteiger partial charge in [-0.15, -0.1) is 0 Å². The Morgan fingerprint density at radius 1 is 1.09 bits per heavy atom. The number of rotatable bonds is 8. The van der Waals surface area contributed by atoms with E-state index in [2.05, 4.69) is 14.8 Å². The molecule has 0 saturated carbocycles. The molecule has 0 spiro atoms. The molecule has 1 heterocycles. The summed E-state index contributed by atoms with van der Waals surface area (Å²) in [4.78, 5) is 25.5. The normalized spacial score (nSPS) is 17.9. The molecule has 2 aromatic rings. The molecule has 3 rings (SSSR count). The zero-order chi connectivity index (χ0) is 23.3. The summed E-state index contributed by atoms with van der Waals surface area (Å²) < 4.78 is 31.2. The van der Waals surface area contributed by atoms with E-state index in [4.69, 9.17) is 0 Å². The minimum atomic E-state index is -3.65. The van der Waals surface area contributed by atoms with Gasteiger partial charge in [-0.2, -0.15) is 0 Å². The lowest BCUT2D eigenvalue weighted by Gasteiger charge is -2.40. The van der Waals surface area contributed by atoms with Gasteiger partial charge in [0.05, 0.1) is 25.3 Å². The van der Waals surface area contributed by atoms with Gasteiger partial charge in [-0.25, -0.2) is 8.42 Å². The van der Waals surface area contributed by atoms with E-state index in [1.807, 2.05) is 43.0 Å². The van der Waals surface area contributed by atoms with Crippen LogP contribution in [0, 0.1) is 0 Å². The summed E-state index contributed by atoms with van der Waals surface area (Å²) in [5, 5.41) is 3.51. The van der Waals surface area contributed by atoms with Gasteiger partial charge in [0.15, 0.2) is 0 Å². The van der Waals surface area contributed by atoms with Crippen molar-refractivity contribution >= 4 is 39.0 Å². The maximum absolute atomic E-state index is 12.5. The fraction of sp³-hybridized carbons (Fsp3) is 0.391. The fourth-order valence-corrected chi connectivity index (χ4v) is 4.92. The van der Waals surface area contributed by atoms with Crippen LogP contribution in [0.3, 0.4) is 0 Å². The summed E-state index contributed by atoms with van der Waals surface area (Å²) in [5.74, 6) is -0.813. The Bertz CT molecular complexity index is 1070. The van der Waals surface area contributed by atoms with Crippen LogP contribution in [-0.4, -0.2) is 39.2 Å². The highest BCUT2D eigenvalue weighted by molar-refractivity contribution is 7.92. The highest BCUT2D eigenvalue weighted by atomic mass is 32.2. The van der Waals surface area contributed by atoms with Crippen molar-refractivity contribution in [2.24, 2.45) is 0 Å². The Hall–Kier alpha value is -3.07. The number of para-hydroxylation sites is 1. The van der Waals surface area contributed by atoms with E-state index in [1.165, 1.54) is 7.11 Å². The largest absolute Gasteiger partial charge is 0.469 e. The number of carbonyl (C=O) groups excluding carboxylic acids is 2. The van der Waals surface area contributed by atoms with E-state index >= 15 is 0 Å². The smallest absolute Gasteiger partial charge is 0.306 e. The molecule has 0 aliphatic carbocycles. The van der Waals surface area contributed by atoms with Crippen LogP contribution in [0.4, 0.5) is 17.1 Å². The number of methoxy groups -OCH3 is 1. The van der Waals surface area contributed by atoms with E-state index in [0.29, 0.717) is 12.1 Å². The van der Waals surface area contributed by atoms with Crippen molar-refractivity contribution in [2.75, 3.05) is 27.8 Å². The number of hydrogen-bond donors (Lipinski definition) is 2. The predicted molar refractivity (Wildman–Crippen MR) is 125 cm³/mol. The molecule has 1 aliphatic rings. The zero-order valence-electron chi connectivity index (χ0n) is 18.5. The number of anilines is 3. The van der Waals surface area contributed by atoms with Crippen molar-refractivity contribution < 1.29 is 22.7 Å². The van der Waals surface area contributed by atoms with Gasteiger partial charge in [0.1, 0.15) is 0 Å². The van der Waals surface area contributed by atoms with Crippen molar-refractivity contribution in [1.29, 1.82) is 0 Å². The van der Waals surface area contributed by atoms with Crippen LogP contribution in [0.2, 0.25) is 0 Å². The fourth-order valence-electron chi connectivity index (χ4n) is 3.89. The number of benzene rings is 2. The van der Waals surface area contributed by atoms with Crippen LogP contribution >= 0.6 is 0 Å². The Kier molecular flexibility index (Phi) is 7.40. The first-order valence-corrected chi connectivity index (χ1v) is 12.2. The van der Waals surface area contributed by atoms with Crippen molar-refractivity contribution in [3.63, 3.8) is 0 Å². The monoisotopic (exact) mass is 459 g/mol. The summed E-state index contributed by atoms with van der Waals surface area (Å²) in [6, 6.07) is 14.9. The van der Waals surface area contributed by atoms with Crippen LogP contribution < -0.4 is 14.9 Å². The van der Waals surface area contributed by atoms with Crippen LogP contribution in [-0.2, 0) is 24.3 Å². The number of hydrogen-bond acceptors (Lipinski definition) is 6. The first-order chi connectivity index (χ1) is 15.2. The quantitative estimate of drug-likeness (QED) is 0.584. The molecule has 0 bridgehead atoms. The van der Waals surface area contributed by atoms with Crippen molar-refractivity contribution in [3.8, 4) is 0 Å². The summed E-state index contributed by atoms with van der Waals surface area (Å²) in [7, 11) is -2.43. The summed E-state index contributed by atoms with van der Waals surface area (Å²) in [6.07, 6.45) is 1.00. The minimum Gasteiger partial charge on any atom is -0.469 e. The van der Waals surface area contributed by atoms with Gasteiger partial charge in [0.25, 0.3) is 0 Å². The second kappa shape index (κ2) is 10.0. The lowest BCUT2D eigenvalue weighted by Crippen LogP contribution is -2.44. The topological polar surface area (TPSA) is 105 Å². The van der Waals surface area contributed by atoms with E-state index in [1.54, 1.807) is 24.3 Å². The molecule has 0 radical (unpaired) electrons. The third-order valence-electron chi connectivity index (χ3n) is 5.46. The number of carbonyl (C=O) groups is 2. The standard InChI is InChI=1S/C23H29N3O5S/c1-4-22(27)26-16(2)15-20(19-7-5-6-8-21(19)26)24-17-9-11-18(12-10-17)25-32(29,30)14-13-23(28)31-3/h5-12,16,20,24-25H,4,13-15H2,1-3H3/t16-,20+/m0/s1. The average molecular weight is 460 g/mol. The van der Waals surface area contributed by atoms with Crippen molar-refractivity contribution in [2.45, 2.75) is 45.2 Å². The van der Waals surface area contributed by atoms with Crippen molar-refractivity contribution in [3.05, 3.63) is 54.1 Å². The van der Waals surface area contributed by atoms with Crippen molar-refractivity contribution in [1.82, 2.24) is 0 Å². The van der Waals surface area contributed by atoms with E-state index < -0.39 is 16.0 Å². The maximum atomic E-state index is 12.5. The SMILES string of the molecule is CCC(=O)N1c2ccccc2[C@H](Nc2ccc(NS(=O)(=O)CCC(=O)OC)cc2)C[C@@H]1C. The Morgan fingerprint density at radius 3 is 2.41 bits per heavy atom. The number of esters is 1. The predicted octanol–water partition coefficient (Wildman–Crippen LogP) is 3.68. The number of fused-ring (bicyclic) bond motifs is 1. The first kappa shape index (κ1) is 23.6. The molecule has 1 amide bonds. The molecule has 2 N–H and O–H groups in total. The van der Waals surface area contributed by atoms with Gasteiger partial charge in [-0.3, -0.25) is 14.3 Å². The number of nitrogens with one attached hydrogen (secondary N) is 2. The first-order valence-electron chi connectivity index (χ1n) is 10.6. The number of nitrogens with zero attached hydrogens (tertiary/aromatic N) is 1. The van der Waals surface area contributed by atoms with Gasteiger partial charge < -0.3 is 15.0 Å². The summed E-state index contributed by atoms with van der Waals surface area (Å²) >= 11 is 0. The van der Waals surface area contributed by atoms with Crippen LogP contribution in [0.5, 0.6) is 0 Å². The van der Waals surface area contributed by atoms with Gasteiger partial charge in [0.2, 0.25) is 15.9 Å². The molecule has 8 nitrogen and oxygen atoms in total. The summed E-state index contributed by atoms with van der Waals surface area (Å²) in [5.41, 5.74) is 3.23. The number of ether oxygens (including phenoxy) is 1. The molecule has 2 atom stereocenters. The van der Waals surface area contributed by atoms with Gasteiger partial charge in [0, 0.05) is 29.5 Å². The van der Waals surface area contributed by atoms with Gasteiger partial charge in [-0.05, 0) is 49.2 Å². The zero-order valence-corrected chi connectivity index (χ0v) is 19.3. The van der Waals surface area contributed by atoms with E-state index in [9.17, 15) is 18.0 Å². The molecular weight excluding hydrogens is 430 g/mol. The van der Waals surface area contributed by atoms with Gasteiger partial charge in [-0.1, -0.05) is 25.1 Å². The Labute approximate surface area is 189 Å². The second-order valence-electron chi connectivity index (χ2n) is 7.78. The van der Waals surface area contributed by atoms with Crippen LogP contribution in [0.1, 0.15) is 44.7 Å². The molecule has 0 fully saturated rings. The van der Waals surface area contributed by atoms with Crippen LogP contribution in [0.15, 0.2) is 48.5 Å². The maximum Gasteiger partial charge on any atom is 0.306 e. The van der Waals surface area contributed by atoms with E-state index in [0.717, 1.165) is 23.4 Å². The average Bonchev–Trinajstić information content (AvgIpc) is 2.78. The highest BCUT2D eigenvalue weighted by Crippen LogP contribution is 2.39. The second-order valence-corrected chi connectivity index (χ2v) is 9.62. The molecular formula is C23H29N3O5S. The Morgan fingerprint density at radius 2 is 1.75 bits per heavy atom. The van der Waals surface area contributed by atoms with Gasteiger partial charge >= 0.3 is 5.97 Å². The molecule has 32 heavy (non-hydrogen) atoms. The molecule has 0 unspecified atom stereocenters. The molecule has 172 valence electrons. The molecule has 0 saturated heterocycles. The lowest BCUT2D eigenvalue weighted by molar-refractivity contribution is -0.140. The molecule has 9 heteroatoms. The third kappa shape index (κ3) is 5.59. The number of amides is 1. The highest BCUT2D eigenvalue weighted by Gasteiger charge is 2.32. The molecule has 0 aromatic heterocycles. The third-order valence-corrected chi connectivity index (χ3v) is 6.75. The van der Waals surface area contributed by atoms with E-state index in [-0.39, 0.29) is 30.2 Å². The summed E-state index contributed by atoms with van der Waals surface area (Å²) in [6.45, 7) is 3.91. The molecule has 1 aliphatic heterocycles. The molecule has 2 aromatic carbocycles. The Balaban J connectivity index is 1.71.